The monoisotopic (exact) mass is 308 g/mol. The summed E-state index contributed by atoms with van der Waals surface area (Å²) in [7, 11) is 0. The molecule has 0 heterocycles. The molecule has 0 spiro atoms. The van der Waals surface area contributed by atoms with Crippen LogP contribution in [0, 0.1) is 21.4 Å². The predicted molar refractivity (Wildman–Crippen MR) is 88.8 cm³/mol. The summed E-state index contributed by atoms with van der Waals surface area (Å²) in [6.07, 6.45) is 2.69. The molecule has 0 aliphatic heterocycles. The minimum Gasteiger partial charge on any atom is -0.494 e. The Bertz CT molecular complexity index is 741. The molecule has 0 saturated carbocycles. The lowest BCUT2D eigenvalue weighted by atomic mass is 10.0. The van der Waals surface area contributed by atoms with Crippen molar-refractivity contribution < 1.29 is 9.66 Å². The number of nitriles is 1. The highest BCUT2D eigenvalue weighted by Crippen LogP contribution is 2.22. The van der Waals surface area contributed by atoms with Crippen LogP contribution in [0.1, 0.15) is 24.5 Å². The summed E-state index contributed by atoms with van der Waals surface area (Å²) in [5.41, 5.74) is 1.96. The van der Waals surface area contributed by atoms with Crippen molar-refractivity contribution in [1.82, 2.24) is 0 Å². The summed E-state index contributed by atoms with van der Waals surface area (Å²) in [5, 5.41) is 20.0. The summed E-state index contributed by atoms with van der Waals surface area (Å²) < 4.78 is 5.51. The fourth-order valence-electron chi connectivity index (χ4n) is 1.99. The SMILES string of the molecule is CCCOc1ccc(/C=C(\C#N)c2ccc([N+](=O)[O-])cc2)cc1. The average molecular weight is 308 g/mol. The van der Waals surface area contributed by atoms with Gasteiger partial charge in [-0.2, -0.15) is 5.26 Å². The van der Waals surface area contributed by atoms with Gasteiger partial charge in [-0.05, 0) is 47.9 Å². The zero-order valence-electron chi connectivity index (χ0n) is 12.7. The highest BCUT2D eigenvalue weighted by molar-refractivity contribution is 5.89. The number of hydrogen-bond acceptors (Lipinski definition) is 4. The first-order chi connectivity index (χ1) is 11.1. The van der Waals surface area contributed by atoms with Crippen LogP contribution in [0.3, 0.4) is 0 Å². The molecular formula is C18H16N2O3. The maximum atomic E-state index is 10.7. The lowest BCUT2D eigenvalue weighted by molar-refractivity contribution is -0.384. The van der Waals surface area contributed by atoms with E-state index in [2.05, 4.69) is 6.07 Å². The molecule has 5 nitrogen and oxygen atoms in total. The van der Waals surface area contributed by atoms with E-state index in [1.807, 2.05) is 31.2 Å². The Balaban J connectivity index is 2.21. The number of ether oxygens (including phenoxy) is 1. The van der Waals surface area contributed by atoms with Crippen LogP contribution in [0.2, 0.25) is 0 Å². The minimum atomic E-state index is -0.464. The van der Waals surface area contributed by atoms with Crippen molar-refractivity contribution in [2.75, 3.05) is 6.61 Å². The van der Waals surface area contributed by atoms with E-state index < -0.39 is 4.92 Å². The molecule has 0 aliphatic carbocycles. The number of benzene rings is 2. The molecule has 0 bridgehead atoms. The van der Waals surface area contributed by atoms with Gasteiger partial charge in [-0.1, -0.05) is 19.1 Å². The highest BCUT2D eigenvalue weighted by Gasteiger charge is 2.07. The van der Waals surface area contributed by atoms with Gasteiger partial charge in [-0.3, -0.25) is 10.1 Å². The van der Waals surface area contributed by atoms with Crippen molar-refractivity contribution in [2.24, 2.45) is 0 Å². The molecule has 23 heavy (non-hydrogen) atoms. The van der Waals surface area contributed by atoms with Crippen LogP contribution in [0.4, 0.5) is 5.69 Å². The third kappa shape index (κ3) is 4.42. The quantitative estimate of drug-likeness (QED) is 0.342. The Labute approximate surface area is 134 Å². The lowest BCUT2D eigenvalue weighted by Gasteiger charge is -2.04. The van der Waals surface area contributed by atoms with Gasteiger partial charge in [-0.25, -0.2) is 0 Å². The van der Waals surface area contributed by atoms with E-state index in [9.17, 15) is 15.4 Å². The zero-order valence-corrected chi connectivity index (χ0v) is 12.7. The van der Waals surface area contributed by atoms with Gasteiger partial charge in [-0.15, -0.1) is 0 Å². The van der Waals surface area contributed by atoms with E-state index in [-0.39, 0.29) is 5.69 Å². The number of allylic oxidation sites excluding steroid dienone is 1. The summed E-state index contributed by atoms with van der Waals surface area (Å²) in [5.74, 6) is 0.790. The Morgan fingerprint density at radius 2 is 1.87 bits per heavy atom. The van der Waals surface area contributed by atoms with Crippen LogP contribution in [-0.4, -0.2) is 11.5 Å². The van der Waals surface area contributed by atoms with E-state index in [1.54, 1.807) is 18.2 Å². The summed E-state index contributed by atoms with van der Waals surface area (Å²) >= 11 is 0. The fourth-order valence-corrected chi connectivity index (χ4v) is 1.99. The fraction of sp³-hybridized carbons (Fsp3) is 0.167. The predicted octanol–water partition coefficient (Wildman–Crippen LogP) is 4.45. The largest absolute Gasteiger partial charge is 0.494 e. The van der Waals surface area contributed by atoms with E-state index in [0.29, 0.717) is 17.7 Å². The molecule has 2 aromatic carbocycles. The Morgan fingerprint density at radius 1 is 1.22 bits per heavy atom. The van der Waals surface area contributed by atoms with Gasteiger partial charge in [0, 0.05) is 12.1 Å². The standard InChI is InChI=1S/C18H16N2O3/c1-2-11-23-18-9-3-14(4-10-18)12-16(13-19)15-5-7-17(8-6-15)20(21)22/h3-10,12H,2,11H2,1H3/b16-12+. The Morgan fingerprint density at radius 3 is 2.39 bits per heavy atom. The smallest absolute Gasteiger partial charge is 0.269 e. The molecule has 0 amide bonds. The lowest BCUT2D eigenvalue weighted by Crippen LogP contribution is -1.94. The number of rotatable bonds is 6. The van der Waals surface area contributed by atoms with Crippen LogP contribution < -0.4 is 4.74 Å². The molecule has 116 valence electrons. The van der Waals surface area contributed by atoms with Gasteiger partial charge in [0.05, 0.1) is 23.2 Å². The van der Waals surface area contributed by atoms with Crippen LogP contribution in [0.15, 0.2) is 48.5 Å². The van der Waals surface area contributed by atoms with Crippen LogP contribution in [-0.2, 0) is 0 Å². The molecule has 0 atom stereocenters. The molecule has 2 aromatic rings. The van der Waals surface area contributed by atoms with Gasteiger partial charge < -0.3 is 4.74 Å². The molecule has 0 aliphatic rings. The van der Waals surface area contributed by atoms with Crippen LogP contribution in [0.25, 0.3) is 11.6 Å². The number of nitro benzene ring substituents is 1. The normalized spacial score (nSPS) is 10.9. The summed E-state index contributed by atoms with van der Waals surface area (Å²) in [6, 6.07) is 15.5. The van der Waals surface area contributed by atoms with Gasteiger partial charge >= 0.3 is 0 Å². The second kappa shape index (κ2) is 7.76. The Kier molecular flexibility index (Phi) is 5.48. The molecule has 5 heteroatoms. The van der Waals surface area contributed by atoms with Crippen LogP contribution in [0.5, 0.6) is 5.75 Å². The zero-order chi connectivity index (χ0) is 16.7. The molecule has 0 radical (unpaired) electrons. The molecule has 2 rings (SSSR count). The van der Waals surface area contributed by atoms with Crippen molar-refractivity contribution >= 4 is 17.3 Å². The first kappa shape index (κ1) is 16.2. The van der Waals surface area contributed by atoms with Crippen molar-refractivity contribution in [2.45, 2.75) is 13.3 Å². The number of non-ortho nitro benzene ring substituents is 1. The average Bonchev–Trinajstić information content (AvgIpc) is 2.59. The van der Waals surface area contributed by atoms with Gasteiger partial charge in [0.15, 0.2) is 0 Å². The number of nitro groups is 1. The molecule has 0 N–H and O–H groups in total. The van der Waals surface area contributed by atoms with Gasteiger partial charge in [0.25, 0.3) is 5.69 Å². The minimum absolute atomic E-state index is 0.00321. The maximum Gasteiger partial charge on any atom is 0.269 e. The van der Waals surface area contributed by atoms with E-state index in [0.717, 1.165) is 17.7 Å². The second-order valence-electron chi connectivity index (χ2n) is 4.89. The van der Waals surface area contributed by atoms with Crippen LogP contribution >= 0.6 is 0 Å². The highest BCUT2D eigenvalue weighted by atomic mass is 16.6. The van der Waals surface area contributed by atoms with Gasteiger partial charge in [0.1, 0.15) is 5.75 Å². The van der Waals surface area contributed by atoms with Crippen molar-refractivity contribution in [3.05, 3.63) is 69.8 Å². The number of nitrogens with zero attached hydrogens (tertiary/aromatic N) is 2. The molecule has 0 aromatic heterocycles. The summed E-state index contributed by atoms with van der Waals surface area (Å²) in [4.78, 5) is 10.2. The maximum absolute atomic E-state index is 10.7. The summed E-state index contributed by atoms with van der Waals surface area (Å²) in [6.45, 7) is 2.71. The number of hydrogen-bond donors (Lipinski definition) is 0. The van der Waals surface area contributed by atoms with Crippen molar-refractivity contribution in [1.29, 1.82) is 5.26 Å². The topological polar surface area (TPSA) is 76.2 Å². The molecule has 0 unspecified atom stereocenters. The Hall–Kier alpha value is -3.13. The first-order valence-corrected chi connectivity index (χ1v) is 7.23. The third-order valence-corrected chi connectivity index (χ3v) is 3.17. The van der Waals surface area contributed by atoms with Crippen molar-refractivity contribution in [3.63, 3.8) is 0 Å². The van der Waals surface area contributed by atoms with Crippen molar-refractivity contribution in [3.8, 4) is 11.8 Å². The molecular weight excluding hydrogens is 292 g/mol. The molecule has 0 saturated heterocycles. The van der Waals surface area contributed by atoms with E-state index >= 15 is 0 Å². The van der Waals surface area contributed by atoms with E-state index in [1.165, 1.54) is 12.1 Å². The van der Waals surface area contributed by atoms with Gasteiger partial charge in [0.2, 0.25) is 0 Å². The molecule has 0 fully saturated rings. The third-order valence-electron chi connectivity index (χ3n) is 3.17. The van der Waals surface area contributed by atoms with E-state index in [4.69, 9.17) is 4.74 Å². The second-order valence-corrected chi connectivity index (χ2v) is 4.89. The first-order valence-electron chi connectivity index (χ1n) is 7.23.